The van der Waals surface area contributed by atoms with Gasteiger partial charge in [0.15, 0.2) is 0 Å². The first-order valence-electron chi connectivity index (χ1n) is 13.2. The van der Waals surface area contributed by atoms with Crippen LogP contribution in [0.4, 0.5) is 18.0 Å². The molecule has 208 valence electrons. The fraction of sp³-hybridized carbons (Fsp3) is 0.433. The Kier molecular flexibility index (Phi) is 8.47. The molecule has 0 radical (unpaired) electrons. The van der Waals surface area contributed by atoms with Crippen LogP contribution in [0.25, 0.3) is 22.2 Å². The Morgan fingerprint density at radius 3 is 2.08 bits per heavy atom. The molecule has 1 aliphatic carbocycles. The number of hydrogen-bond donors (Lipinski definition) is 2. The van der Waals surface area contributed by atoms with E-state index in [1.165, 1.54) is 12.1 Å². The quantitative estimate of drug-likeness (QED) is 0.353. The van der Waals surface area contributed by atoms with Gasteiger partial charge in [0, 0.05) is 24.0 Å². The van der Waals surface area contributed by atoms with Crippen LogP contribution in [0, 0.1) is 11.8 Å². The lowest BCUT2D eigenvalue weighted by Crippen LogP contribution is -2.37. The third-order valence-corrected chi connectivity index (χ3v) is 6.92. The van der Waals surface area contributed by atoms with Gasteiger partial charge in [-0.3, -0.25) is 4.79 Å². The van der Waals surface area contributed by atoms with Gasteiger partial charge >= 0.3 is 12.3 Å². The molecule has 39 heavy (non-hydrogen) atoms. The first kappa shape index (κ1) is 28.4. The normalized spacial score (nSPS) is 18.0. The summed E-state index contributed by atoms with van der Waals surface area (Å²) in [4.78, 5) is 29.8. The van der Waals surface area contributed by atoms with Crippen LogP contribution in [-0.2, 0) is 10.9 Å². The lowest BCUT2D eigenvalue weighted by Gasteiger charge is -2.29. The minimum Gasteiger partial charge on any atom is -0.444 e. The Morgan fingerprint density at radius 1 is 0.897 bits per heavy atom. The van der Waals surface area contributed by atoms with E-state index >= 15 is 0 Å². The molecule has 1 fully saturated rings. The minimum atomic E-state index is -4.42. The number of para-hydroxylation sites is 1. The van der Waals surface area contributed by atoms with Crippen molar-refractivity contribution in [3.05, 3.63) is 65.7 Å². The molecular weight excluding hydrogens is 507 g/mol. The van der Waals surface area contributed by atoms with E-state index in [-0.39, 0.29) is 5.91 Å². The van der Waals surface area contributed by atoms with E-state index in [4.69, 9.17) is 4.74 Å². The van der Waals surface area contributed by atoms with E-state index in [1.807, 2.05) is 39.0 Å². The number of carbonyl (C=O) groups is 2. The molecule has 1 aromatic heterocycles. The molecular formula is C30H34F3N3O3. The number of benzene rings is 2. The van der Waals surface area contributed by atoms with Crippen molar-refractivity contribution in [3.63, 3.8) is 0 Å². The first-order valence-corrected chi connectivity index (χ1v) is 13.2. The van der Waals surface area contributed by atoms with E-state index in [0.717, 1.165) is 37.8 Å². The fourth-order valence-corrected chi connectivity index (χ4v) is 4.85. The second kappa shape index (κ2) is 11.6. The molecule has 1 heterocycles. The van der Waals surface area contributed by atoms with E-state index < -0.39 is 23.4 Å². The van der Waals surface area contributed by atoms with Crippen molar-refractivity contribution in [2.75, 3.05) is 13.1 Å². The zero-order valence-corrected chi connectivity index (χ0v) is 22.4. The zero-order chi connectivity index (χ0) is 28.2. The maximum atomic E-state index is 13.3. The number of alkyl carbamates (subject to hydrolysis) is 1. The number of carbonyl (C=O) groups excluding carboxylic acids is 2. The average molecular weight is 542 g/mol. The van der Waals surface area contributed by atoms with Crippen LogP contribution >= 0.6 is 0 Å². The van der Waals surface area contributed by atoms with E-state index in [2.05, 4.69) is 15.6 Å². The van der Waals surface area contributed by atoms with Crippen molar-refractivity contribution < 1.29 is 27.5 Å². The summed E-state index contributed by atoms with van der Waals surface area (Å²) in [7, 11) is 0. The second-order valence-electron chi connectivity index (χ2n) is 11.1. The molecule has 3 aromatic rings. The van der Waals surface area contributed by atoms with Crippen molar-refractivity contribution in [2.24, 2.45) is 11.8 Å². The summed E-state index contributed by atoms with van der Waals surface area (Å²) in [5.41, 5.74) is 0.703. The van der Waals surface area contributed by atoms with Crippen LogP contribution in [0.15, 0.2) is 54.6 Å². The summed E-state index contributed by atoms with van der Waals surface area (Å²) in [6, 6.07) is 13.7. The third-order valence-electron chi connectivity index (χ3n) is 6.92. The van der Waals surface area contributed by atoms with Gasteiger partial charge in [0.2, 0.25) is 0 Å². The molecule has 1 saturated carbocycles. The van der Waals surface area contributed by atoms with Crippen molar-refractivity contribution >= 4 is 22.9 Å². The number of pyridine rings is 1. The van der Waals surface area contributed by atoms with Gasteiger partial charge in [-0.1, -0.05) is 30.3 Å². The van der Waals surface area contributed by atoms with Gasteiger partial charge in [0.25, 0.3) is 5.91 Å². The molecule has 2 amide bonds. The number of alkyl halides is 3. The predicted molar refractivity (Wildman–Crippen MR) is 144 cm³/mol. The number of halogens is 3. The highest BCUT2D eigenvalue weighted by molar-refractivity contribution is 6.07. The lowest BCUT2D eigenvalue weighted by atomic mass is 9.82. The number of rotatable bonds is 6. The highest BCUT2D eigenvalue weighted by atomic mass is 19.4. The Hall–Kier alpha value is -3.62. The van der Waals surface area contributed by atoms with Crippen molar-refractivity contribution in [1.82, 2.24) is 15.6 Å². The van der Waals surface area contributed by atoms with Gasteiger partial charge in [-0.25, -0.2) is 9.78 Å². The number of amides is 2. The summed E-state index contributed by atoms with van der Waals surface area (Å²) >= 11 is 0. The highest BCUT2D eigenvalue weighted by Crippen LogP contribution is 2.32. The van der Waals surface area contributed by atoms with Gasteiger partial charge in [0.1, 0.15) is 5.60 Å². The molecule has 9 heteroatoms. The van der Waals surface area contributed by atoms with Crippen LogP contribution in [-0.4, -0.2) is 35.7 Å². The van der Waals surface area contributed by atoms with Gasteiger partial charge < -0.3 is 15.4 Å². The van der Waals surface area contributed by atoms with Crippen LogP contribution in [0.3, 0.4) is 0 Å². The van der Waals surface area contributed by atoms with Crippen molar-refractivity contribution in [1.29, 1.82) is 0 Å². The number of ether oxygens (including phenoxy) is 1. The molecule has 0 atom stereocenters. The summed E-state index contributed by atoms with van der Waals surface area (Å²) in [6.45, 7) is 6.59. The second-order valence-corrected chi connectivity index (χ2v) is 11.1. The molecule has 0 aliphatic heterocycles. The van der Waals surface area contributed by atoms with Gasteiger partial charge in [-0.05, 0) is 82.6 Å². The van der Waals surface area contributed by atoms with Crippen LogP contribution < -0.4 is 10.6 Å². The topological polar surface area (TPSA) is 80.3 Å². The lowest BCUT2D eigenvalue weighted by molar-refractivity contribution is -0.137. The number of aromatic nitrogens is 1. The smallest absolute Gasteiger partial charge is 0.416 e. The molecule has 0 saturated heterocycles. The summed E-state index contributed by atoms with van der Waals surface area (Å²) in [5, 5.41) is 6.59. The highest BCUT2D eigenvalue weighted by Gasteiger charge is 2.30. The predicted octanol–water partition coefficient (Wildman–Crippen LogP) is 6.98. The molecule has 6 nitrogen and oxygen atoms in total. The summed E-state index contributed by atoms with van der Waals surface area (Å²) in [5.74, 6) is 0.463. The molecule has 0 bridgehead atoms. The summed E-state index contributed by atoms with van der Waals surface area (Å²) in [6.07, 6.45) is -1.05. The number of hydrogen-bond acceptors (Lipinski definition) is 4. The maximum Gasteiger partial charge on any atom is 0.416 e. The maximum absolute atomic E-state index is 13.3. The summed E-state index contributed by atoms with van der Waals surface area (Å²) < 4.78 is 44.3. The van der Waals surface area contributed by atoms with E-state index in [9.17, 15) is 22.8 Å². The zero-order valence-electron chi connectivity index (χ0n) is 22.4. The molecule has 0 spiro atoms. The van der Waals surface area contributed by atoms with Gasteiger partial charge in [-0.15, -0.1) is 0 Å². The largest absolute Gasteiger partial charge is 0.444 e. The van der Waals surface area contributed by atoms with Gasteiger partial charge in [0.05, 0.1) is 22.3 Å². The van der Waals surface area contributed by atoms with Crippen LogP contribution in [0.1, 0.15) is 62.4 Å². The van der Waals surface area contributed by atoms with E-state index in [0.29, 0.717) is 52.6 Å². The Balaban J connectivity index is 1.38. The molecule has 2 aromatic carbocycles. The SMILES string of the molecule is CC(C)(C)OC(=O)NCC1CCC(CNC(=O)c2cc(-c3ccc(C(F)(F)F)cc3)nc3ccccc23)CC1. The Morgan fingerprint density at radius 2 is 1.49 bits per heavy atom. The monoisotopic (exact) mass is 541 g/mol. The van der Waals surface area contributed by atoms with E-state index in [1.54, 1.807) is 12.1 Å². The van der Waals surface area contributed by atoms with Crippen molar-refractivity contribution in [3.8, 4) is 11.3 Å². The minimum absolute atomic E-state index is 0.240. The molecule has 4 rings (SSSR count). The van der Waals surface area contributed by atoms with Crippen LogP contribution in [0.5, 0.6) is 0 Å². The number of nitrogens with zero attached hydrogens (tertiary/aromatic N) is 1. The fourth-order valence-electron chi connectivity index (χ4n) is 4.85. The first-order chi connectivity index (χ1) is 18.4. The Bertz CT molecular complexity index is 1310. The average Bonchev–Trinajstić information content (AvgIpc) is 2.89. The molecule has 0 unspecified atom stereocenters. The third kappa shape index (κ3) is 7.71. The van der Waals surface area contributed by atoms with Crippen molar-refractivity contribution in [2.45, 2.75) is 58.2 Å². The standard InChI is InChI=1S/C30H34F3N3O3/c1-29(2,3)39-28(38)35-18-20-10-8-19(9-11-20)17-34-27(37)24-16-26(36-25-7-5-4-6-23(24)25)21-12-14-22(15-13-21)30(31,32)33/h4-7,12-16,19-20H,8-11,17-18H2,1-3H3,(H,34,37)(H,35,38). The van der Waals surface area contributed by atoms with Crippen LogP contribution in [0.2, 0.25) is 0 Å². The van der Waals surface area contributed by atoms with Gasteiger partial charge in [-0.2, -0.15) is 13.2 Å². The molecule has 2 N–H and O–H groups in total. The number of nitrogens with one attached hydrogen (secondary N) is 2. The molecule has 1 aliphatic rings. The Labute approximate surface area is 226 Å². The number of fused-ring (bicyclic) bond motifs is 1.